The molecular weight excluding hydrogens is 653 g/mol. The Morgan fingerprint density at radius 1 is 0.976 bits per heavy atom. The zero-order valence-electron chi connectivity index (χ0n) is 25.0. The number of hydrogen-bond donors (Lipinski definition) is 1. The van der Waals surface area contributed by atoms with Crippen molar-refractivity contribution in [1.82, 2.24) is 15.0 Å². The quantitative estimate of drug-likeness (QED) is 0.137. The van der Waals surface area contributed by atoms with Gasteiger partial charge in [-0.05, 0) is 88.7 Å². The summed E-state index contributed by atoms with van der Waals surface area (Å²) in [7, 11) is -0.207. The summed E-state index contributed by atoms with van der Waals surface area (Å²) >= 11 is 2.36. The van der Waals surface area contributed by atoms with E-state index in [0.29, 0.717) is 11.5 Å². The third kappa shape index (κ3) is 6.98. The Kier molecular flexibility index (Phi) is 10.2. The van der Waals surface area contributed by atoms with Crippen LogP contribution in [0, 0.1) is 9.49 Å². The molecule has 0 aliphatic carbocycles. The van der Waals surface area contributed by atoms with Crippen LogP contribution in [0.2, 0.25) is 18.6 Å². The van der Waals surface area contributed by atoms with E-state index in [4.69, 9.17) is 9.47 Å². The first kappa shape index (κ1) is 30.9. The lowest BCUT2D eigenvalue weighted by molar-refractivity contribution is 0.0250. The molecule has 42 heavy (non-hydrogen) atoms. The van der Waals surface area contributed by atoms with E-state index >= 15 is 0 Å². The fourth-order valence-corrected chi connectivity index (χ4v) is 11.2. The summed E-state index contributed by atoms with van der Waals surface area (Å²) in [5.74, 6) is 1.16. The van der Waals surface area contributed by atoms with Gasteiger partial charge in [0.25, 0.3) is 0 Å². The summed E-state index contributed by atoms with van der Waals surface area (Å²) in [6.07, 6.45) is 5.25. The van der Waals surface area contributed by atoms with Crippen LogP contribution in [0.5, 0.6) is 5.75 Å². The number of hydrogen-bond acceptors (Lipinski definition) is 5. The molecule has 1 saturated heterocycles. The van der Waals surface area contributed by atoms with Crippen molar-refractivity contribution in [2.24, 2.45) is 5.92 Å². The van der Waals surface area contributed by atoms with Gasteiger partial charge < -0.3 is 14.6 Å². The molecule has 1 aliphatic heterocycles. The molecule has 1 aliphatic rings. The average molecular weight is 696 g/mol. The standard InChI is InChI=1S/C34H42IN3O3Si/c1-24-32(19-12-25-10-13-27(35)14-11-25)41-33(34(24)42(3,4)29-17-15-28(40-2)16-18-29)20-21-38-22-31(36-37-38)30(23-39)26-8-6-5-7-9-26/h5-11,13-18,22,24,30,32-34,39H,12,19-21,23H2,1-4H3/t24-,30?,32+,33-,34+/m1/s1. The van der Waals surface area contributed by atoms with Gasteiger partial charge in [0, 0.05) is 16.3 Å². The van der Waals surface area contributed by atoms with Gasteiger partial charge in [-0.3, -0.25) is 4.68 Å². The van der Waals surface area contributed by atoms with Gasteiger partial charge in [-0.1, -0.05) is 85.0 Å². The molecule has 222 valence electrons. The van der Waals surface area contributed by atoms with Crippen molar-refractivity contribution in [3.05, 3.63) is 105 Å². The van der Waals surface area contributed by atoms with Gasteiger partial charge in [0.1, 0.15) is 5.75 Å². The summed E-state index contributed by atoms with van der Waals surface area (Å²) in [6, 6.07) is 27.6. The average Bonchev–Trinajstić information content (AvgIpc) is 3.61. The molecular formula is C34H42IN3O3Si. The number of methoxy groups -OCH3 is 1. The highest BCUT2D eigenvalue weighted by molar-refractivity contribution is 14.1. The third-order valence-electron chi connectivity index (χ3n) is 9.14. The van der Waals surface area contributed by atoms with Gasteiger partial charge >= 0.3 is 0 Å². The van der Waals surface area contributed by atoms with Crippen molar-refractivity contribution in [1.29, 1.82) is 0 Å². The van der Waals surface area contributed by atoms with Crippen LogP contribution in [0.25, 0.3) is 0 Å². The first-order valence-corrected chi connectivity index (χ1v) is 19.1. The Morgan fingerprint density at radius 2 is 1.69 bits per heavy atom. The Hall–Kier alpha value is -2.53. The van der Waals surface area contributed by atoms with Crippen molar-refractivity contribution < 1.29 is 14.6 Å². The summed E-state index contributed by atoms with van der Waals surface area (Å²) < 4.78 is 15.6. The smallest absolute Gasteiger partial charge is 0.118 e. The fourth-order valence-electron chi connectivity index (χ4n) is 6.77. The topological polar surface area (TPSA) is 69.4 Å². The number of halogens is 1. The Labute approximate surface area is 264 Å². The number of nitrogens with zero attached hydrogens (tertiary/aromatic N) is 3. The van der Waals surface area contributed by atoms with Crippen LogP contribution >= 0.6 is 22.6 Å². The van der Waals surface area contributed by atoms with Crippen molar-refractivity contribution in [2.45, 2.75) is 69.5 Å². The lowest BCUT2D eigenvalue weighted by atomic mass is 9.95. The Morgan fingerprint density at radius 3 is 2.36 bits per heavy atom. The molecule has 3 aromatic carbocycles. The number of rotatable bonds is 12. The second kappa shape index (κ2) is 13.8. The highest BCUT2D eigenvalue weighted by Gasteiger charge is 2.50. The normalized spacial score (nSPS) is 21.4. The molecule has 5 atom stereocenters. The molecule has 8 heteroatoms. The van der Waals surface area contributed by atoms with Gasteiger partial charge in [-0.2, -0.15) is 0 Å². The van der Waals surface area contributed by atoms with Gasteiger partial charge in [0.2, 0.25) is 0 Å². The van der Waals surface area contributed by atoms with Gasteiger partial charge in [0.15, 0.2) is 0 Å². The maximum absolute atomic E-state index is 10.1. The fraction of sp³-hybridized carbons (Fsp3) is 0.412. The maximum Gasteiger partial charge on any atom is 0.118 e. The summed E-state index contributed by atoms with van der Waals surface area (Å²) in [5, 5.41) is 20.5. The highest BCUT2D eigenvalue weighted by atomic mass is 127. The van der Waals surface area contributed by atoms with E-state index in [1.165, 1.54) is 14.3 Å². The molecule has 0 spiro atoms. The number of aryl methyl sites for hydroxylation is 2. The Bertz CT molecular complexity index is 1410. The predicted molar refractivity (Wildman–Crippen MR) is 179 cm³/mol. The van der Waals surface area contributed by atoms with E-state index < -0.39 is 8.07 Å². The molecule has 1 aromatic heterocycles. The number of aromatic nitrogens is 3. The lowest BCUT2D eigenvalue weighted by Crippen LogP contribution is -2.50. The van der Waals surface area contributed by atoms with Crippen molar-refractivity contribution in [2.75, 3.05) is 13.7 Å². The molecule has 4 aromatic rings. The summed E-state index contributed by atoms with van der Waals surface area (Å²) in [5.41, 5.74) is 3.67. The number of benzene rings is 3. The molecule has 5 rings (SSSR count). The zero-order chi connectivity index (χ0) is 29.7. The van der Waals surface area contributed by atoms with Crippen LogP contribution in [-0.4, -0.2) is 54.1 Å². The second-order valence-electron chi connectivity index (χ2n) is 12.1. The molecule has 0 radical (unpaired) electrons. The first-order chi connectivity index (χ1) is 20.3. The minimum Gasteiger partial charge on any atom is -0.497 e. The largest absolute Gasteiger partial charge is 0.497 e. The monoisotopic (exact) mass is 695 g/mol. The van der Waals surface area contributed by atoms with E-state index in [1.54, 1.807) is 7.11 Å². The molecule has 0 amide bonds. The van der Waals surface area contributed by atoms with E-state index in [-0.39, 0.29) is 24.7 Å². The number of ether oxygens (including phenoxy) is 2. The lowest BCUT2D eigenvalue weighted by Gasteiger charge is -2.36. The minimum atomic E-state index is -1.93. The molecule has 2 heterocycles. The van der Waals surface area contributed by atoms with Crippen LogP contribution in [0.15, 0.2) is 85.1 Å². The van der Waals surface area contributed by atoms with Crippen molar-refractivity contribution in [3.63, 3.8) is 0 Å². The molecule has 1 unspecified atom stereocenters. The van der Waals surface area contributed by atoms with Gasteiger partial charge in [0.05, 0.1) is 45.6 Å². The molecule has 1 N–H and O–H groups in total. The van der Waals surface area contributed by atoms with E-state index in [0.717, 1.165) is 42.8 Å². The van der Waals surface area contributed by atoms with Crippen LogP contribution in [0.3, 0.4) is 0 Å². The highest BCUT2D eigenvalue weighted by Crippen LogP contribution is 2.46. The minimum absolute atomic E-state index is 0.00206. The SMILES string of the molecule is COc1ccc([Si](C)(C)[C@H]2[C@H](C)[C@H](CCc3ccc(I)cc3)O[C@@H]2CCn2cc(C(CO)c3ccccc3)nn2)cc1. The molecule has 1 fully saturated rings. The van der Waals surface area contributed by atoms with Crippen LogP contribution in [-0.2, 0) is 17.7 Å². The molecule has 0 bridgehead atoms. The number of aliphatic hydroxyl groups excluding tert-OH is 1. The van der Waals surface area contributed by atoms with Crippen molar-refractivity contribution in [3.8, 4) is 5.75 Å². The molecule has 0 saturated carbocycles. The summed E-state index contributed by atoms with van der Waals surface area (Å²) in [6.45, 7) is 8.11. The predicted octanol–water partition coefficient (Wildman–Crippen LogP) is 6.43. The first-order valence-electron chi connectivity index (χ1n) is 14.9. The second-order valence-corrected chi connectivity index (χ2v) is 18.0. The van der Waals surface area contributed by atoms with Gasteiger partial charge in [-0.25, -0.2) is 0 Å². The molecule has 6 nitrogen and oxygen atoms in total. The number of aliphatic hydroxyl groups is 1. The van der Waals surface area contributed by atoms with Crippen LogP contribution < -0.4 is 9.92 Å². The van der Waals surface area contributed by atoms with Gasteiger partial charge in [-0.15, -0.1) is 5.10 Å². The van der Waals surface area contributed by atoms with Crippen LogP contribution in [0.1, 0.15) is 42.5 Å². The third-order valence-corrected chi connectivity index (χ3v) is 14.2. The van der Waals surface area contributed by atoms with E-state index in [9.17, 15) is 5.11 Å². The summed E-state index contributed by atoms with van der Waals surface area (Å²) in [4.78, 5) is 0. The van der Waals surface area contributed by atoms with Crippen molar-refractivity contribution >= 4 is 35.9 Å². The van der Waals surface area contributed by atoms with Crippen LogP contribution in [0.4, 0.5) is 0 Å². The van der Waals surface area contributed by atoms with E-state index in [2.05, 4.69) is 101 Å². The Balaban J connectivity index is 1.34. The zero-order valence-corrected chi connectivity index (χ0v) is 28.1. The maximum atomic E-state index is 10.1. The van der Waals surface area contributed by atoms with E-state index in [1.807, 2.05) is 41.2 Å².